The molecule has 0 atom stereocenters. The van der Waals surface area contributed by atoms with Gasteiger partial charge in [-0.25, -0.2) is 4.39 Å². The lowest BCUT2D eigenvalue weighted by molar-refractivity contribution is 0.233. The van der Waals surface area contributed by atoms with Crippen molar-refractivity contribution in [3.63, 3.8) is 0 Å². The Morgan fingerprint density at radius 3 is 2.52 bits per heavy atom. The zero-order valence-electron chi connectivity index (χ0n) is 12.0. The van der Waals surface area contributed by atoms with Gasteiger partial charge in [-0.15, -0.1) is 0 Å². The predicted octanol–water partition coefficient (Wildman–Crippen LogP) is 2.97. The smallest absolute Gasteiger partial charge is 0.123 e. The maximum absolute atomic E-state index is 12.9. The summed E-state index contributed by atoms with van der Waals surface area (Å²) in [6, 6.07) is 14.8. The number of hydrogen-bond acceptors (Lipinski definition) is 3. The summed E-state index contributed by atoms with van der Waals surface area (Å²) in [6.07, 6.45) is 0. The van der Waals surface area contributed by atoms with Crippen molar-refractivity contribution in [2.75, 3.05) is 31.5 Å². The van der Waals surface area contributed by atoms with Crippen LogP contribution in [0.2, 0.25) is 0 Å². The van der Waals surface area contributed by atoms with Crippen molar-refractivity contribution in [1.29, 1.82) is 0 Å². The van der Waals surface area contributed by atoms with Gasteiger partial charge in [0.15, 0.2) is 0 Å². The number of piperazine rings is 1. The highest BCUT2D eigenvalue weighted by atomic mass is 19.1. The summed E-state index contributed by atoms with van der Waals surface area (Å²) in [5.41, 5.74) is 3.23. The molecule has 0 unspecified atom stereocenters. The number of nitrogens with one attached hydrogen (secondary N) is 2. The summed E-state index contributed by atoms with van der Waals surface area (Å²) >= 11 is 0. The maximum atomic E-state index is 12.9. The first-order valence-electron chi connectivity index (χ1n) is 7.34. The lowest BCUT2D eigenvalue weighted by Gasteiger charge is -2.27. The average Bonchev–Trinajstić information content (AvgIpc) is 2.51. The highest BCUT2D eigenvalue weighted by Crippen LogP contribution is 2.19. The van der Waals surface area contributed by atoms with Crippen LogP contribution in [0.25, 0.3) is 0 Å². The van der Waals surface area contributed by atoms with Gasteiger partial charge in [-0.2, -0.15) is 0 Å². The van der Waals surface area contributed by atoms with Crippen LogP contribution in [0.1, 0.15) is 5.56 Å². The predicted molar refractivity (Wildman–Crippen MR) is 84.3 cm³/mol. The third-order valence-corrected chi connectivity index (χ3v) is 3.68. The van der Waals surface area contributed by atoms with E-state index in [9.17, 15) is 4.39 Å². The lowest BCUT2D eigenvalue weighted by Crippen LogP contribution is -2.42. The average molecular weight is 285 g/mol. The topological polar surface area (TPSA) is 27.3 Å². The van der Waals surface area contributed by atoms with E-state index in [4.69, 9.17) is 0 Å². The number of anilines is 2. The summed E-state index contributed by atoms with van der Waals surface area (Å²) < 4.78 is 12.9. The zero-order chi connectivity index (χ0) is 14.5. The molecule has 0 aliphatic carbocycles. The molecule has 1 heterocycles. The van der Waals surface area contributed by atoms with Crippen LogP contribution in [0.4, 0.5) is 15.8 Å². The third kappa shape index (κ3) is 4.03. The van der Waals surface area contributed by atoms with Crippen molar-refractivity contribution >= 4 is 11.4 Å². The third-order valence-electron chi connectivity index (χ3n) is 3.68. The molecule has 1 fully saturated rings. The van der Waals surface area contributed by atoms with Gasteiger partial charge >= 0.3 is 0 Å². The highest BCUT2D eigenvalue weighted by Gasteiger charge is 2.09. The quantitative estimate of drug-likeness (QED) is 0.904. The van der Waals surface area contributed by atoms with Crippen LogP contribution in [0.15, 0.2) is 48.5 Å². The molecule has 110 valence electrons. The lowest BCUT2D eigenvalue weighted by atomic mass is 10.1. The van der Waals surface area contributed by atoms with E-state index in [0.717, 1.165) is 44.1 Å². The standard InChI is InChI=1S/C17H20FN3/c18-15-4-6-16(7-5-15)20-17-3-1-2-14(12-17)13-21-10-8-19-9-11-21/h1-7,12,19-20H,8-11,13H2. The van der Waals surface area contributed by atoms with Gasteiger partial charge in [0.05, 0.1) is 0 Å². The van der Waals surface area contributed by atoms with Gasteiger partial charge in [0.25, 0.3) is 0 Å². The second kappa shape index (κ2) is 6.70. The molecule has 3 rings (SSSR count). The van der Waals surface area contributed by atoms with Gasteiger partial charge in [-0.1, -0.05) is 12.1 Å². The van der Waals surface area contributed by atoms with Gasteiger partial charge < -0.3 is 10.6 Å². The Balaban J connectivity index is 1.66. The van der Waals surface area contributed by atoms with E-state index in [1.165, 1.54) is 17.7 Å². The Kier molecular flexibility index (Phi) is 4.48. The van der Waals surface area contributed by atoms with Crippen molar-refractivity contribution in [3.8, 4) is 0 Å². The molecular formula is C17H20FN3. The Labute approximate surface area is 124 Å². The summed E-state index contributed by atoms with van der Waals surface area (Å²) in [4.78, 5) is 2.45. The Hall–Kier alpha value is -1.91. The molecule has 0 aromatic heterocycles. The van der Waals surface area contributed by atoms with Crippen LogP contribution in [0, 0.1) is 5.82 Å². The van der Waals surface area contributed by atoms with Crippen LogP contribution in [0.3, 0.4) is 0 Å². The Morgan fingerprint density at radius 2 is 1.76 bits per heavy atom. The molecule has 21 heavy (non-hydrogen) atoms. The first-order valence-corrected chi connectivity index (χ1v) is 7.34. The number of benzene rings is 2. The largest absolute Gasteiger partial charge is 0.356 e. The van der Waals surface area contributed by atoms with Gasteiger partial charge in [-0.05, 0) is 42.0 Å². The van der Waals surface area contributed by atoms with Crippen LogP contribution >= 0.6 is 0 Å². The number of halogens is 1. The normalized spacial score (nSPS) is 15.9. The van der Waals surface area contributed by atoms with E-state index < -0.39 is 0 Å². The van der Waals surface area contributed by atoms with Crippen molar-refractivity contribution in [2.45, 2.75) is 6.54 Å². The van der Waals surface area contributed by atoms with Crippen molar-refractivity contribution in [1.82, 2.24) is 10.2 Å². The van der Waals surface area contributed by atoms with E-state index in [1.54, 1.807) is 12.1 Å². The van der Waals surface area contributed by atoms with E-state index in [1.807, 2.05) is 6.07 Å². The van der Waals surface area contributed by atoms with Crippen LogP contribution < -0.4 is 10.6 Å². The zero-order valence-corrected chi connectivity index (χ0v) is 12.0. The summed E-state index contributed by atoms with van der Waals surface area (Å²) in [5.74, 6) is -0.215. The van der Waals surface area contributed by atoms with Gasteiger partial charge in [0.2, 0.25) is 0 Å². The molecule has 0 radical (unpaired) electrons. The Morgan fingerprint density at radius 1 is 1.00 bits per heavy atom. The Bertz CT molecular complexity index is 577. The fraction of sp³-hybridized carbons (Fsp3) is 0.294. The van der Waals surface area contributed by atoms with Gasteiger partial charge in [0.1, 0.15) is 5.82 Å². The van der Waals surface area contributed by atoms with E-state index in [2.05, 4.69) is 33.7 Å². The van der Waals surface area contributed by atoms with E-state index in [0.29, 0.717) is 0 Å². The van der Waals surface area contributed by atoms with Crippen LogP contribution in [0.5, 0.6) is 0 Å². The van der Waals surface area contributed by atoms with Gasteiger partial charge in [0, 0.05) is 44.1 Å². The maximum Gasteiger partial charge on any atom is 0.123 e. The van der Waals surface area contributed by atoms with Crippen molar-refractivity contribution in [2.24, 2.45) is 0 Å². The summed E-state index contributed by atoms with van der Waals surface area (Å²) in [6.45, 7) is 5.28. The molecule has 2 aromatic carbocycles. The number of nitrogens with zero attached hydrogens (tertiary/aromatic N) is 1. The SMILES string of the molecule is Fc1ccc(Nc2cccc(CN3CCNCC3)c2)cc1. The van der Waals surface area contributed by atoms with Crippen LogP contribution in [-0.4, -0.2) is 31.1 Å². The monoisotopic (exact) mass is 285 g/mol. The van der Waals surface area contributed by atoms with Crippen molar-refractivity contribution in [3.05, 3.63) is 59.9 Å². The first-order chi connectivity index (χ1) is 10.3. The second-order valence-electron chi connectivity index (χ2n) is 5.36. The molecule has 0 spiro atoms. The molecule has 0 bridgehead atoms. The first kappa shape index (κ1) is 14.0. The minimum atomic E-state index is -0.215. The molecule has 1 aliphatic heterocycles. The molecule has 1 aliphatic rings. The van der Waals surface area contributed by atoms with Gasteiger partial charge in [-0.3, -0.25) is 4.90 Å². The minimum Gasteiger partial charge on any atom is -0.356 e. The molecule has 0 amide bonds. The van der Waals surface area contributed by atoms with Crippen LogP contribution in [-0.2, 0) is 6.54 Å². The molecule has 3 nitrogen and oxygen atoms in total. The molecule has 2 N–H and O–H groups in total. The number of hydrogen-bond donors (Lipinski definition) is 2. The summed E-state index contributed by atoms with van der Waals surface area (Å²) in [5, 5.41) is 6.68. The van der Waals surface area contributed by atoms with E-state index in [-0.39, 0.29) is 5.82 Å². The molecule has 1 saturated heterocycles. The second-order valence-corrected chi connectivity index (χ2v) is 5.36. The molecule has 4 heteroatoms. The van der Waals surface area contributed by atoms with Crippen molar-refractivity contribution < 1.29 is 4.39 Å². The number of rotatable bonds is 4. The molecular weight excluding hydrogens is 265 g/mol. The minimum absolute atomic E-state index is 0.215. The van der Waals surface area contributed by atoms with E-state index >= 15 is 0 Å². The molecule has 0 saturated carbocycles. The highest BCUT2D eigenvalue weighted by molar-refractivity contribution is 5.60. The molecule has 2 aromatic rings. The fourth-order valence-corrected chi connectivity index (χ4v) is 2.57. The fourth-order valence-electron chi connectivity index (χ4n) is 2.57. The summed E-state index contributed by atoms with van der Waals surface area (Å²) in [7, 11) is 0.